The topological polar surface area (TPSA) is 85.2 Å². The van der Waals surface area contributed by atoms with Crippen molar-refractivity contribution in [2.45, 2.75) is 0 Å². The lowest BCUT2D eigenvalue weighted by molar-refractivity contribution is 0.103. The molecule has 6 heteroatoms. The number of carbonyl (C=O) groups is 1. The highest BCUT2D eigenvalue weighted by Gasteiger charge is 2.23. The number of ether oxygens (including phenoxy) is 3. The van der Waals surface area contributed by atoms with E-state index in [1.54, 1.807) is 6.07 Å². The molecule has 2 aromatic carbocycles. The first-order valence-corrected chi connectivity index (χ1v) is 6.39. The highest BCUT2D eigenvalue weighted by molar-refractivity contribution is 6.13. The smallest absolute Gasteiger partial charge is 0.204 e. The molecule has 0 amide bonds. The maximum Gasteiger partial charge on any atom is 0.204 e. The summed E-state index contributed by atoms with van der Waals surface area (Å²) >= 11 is 0. The lowest BCUT2D eigenvalue weighted by Crippen LogP contribution is -2.06. The first-order chi connectivity index (χ1) is 10.5. The van der Waals surface area contributed by atoms with E-state index in [1.165, 1.54) is 39.5 Å². The molecule has 0 heterocycles. The van der Waals surface area contributed by atoms with Crippen LogP contribution in [-0.2, 0) is 0 Å². The molecular weight excluding hydrogens is 288 g/mol. The Morgan fingerprint density at radius 2 is 1.50 bits per heavy atom. The summed E-state index contributed by atoms with van der Waals surface area (Å²) in [4.78, 5) is 12.6. The van der Waals surface area contributed by atoms with Gasteiger partial charge in [-0.25, -0.2) is 0 Å². The van der Waals surface area contributed by atoms with Crippen molar-refractivity contribution in [3.63, 3.8) is 0 Å². The van der Waals surface area contributed by atoms with Gasteiger partial charge in [-0.3, -0.25) is 4.79 Å². The molecule has 0 spiro atoms. The second-order valence-electron chi connectivity index (χ2n) is 4.41. The van der Waals surface area contributed by atoms with Crippen molar-refractivity contribution in [1.82, 2.24) is 0 Å². The Morgan fingerprint density at radius 1 is 0.864 bits per heavy atom. The summed E-state index contributed by atoms with van der Waals surface area (Å²) in [5, 5.41) is 19.1. The number of rotatable bonds is 5. The summed E-state index contributed by atoms with van der Waals surface area (Å²) < 4.78 is 15.6. The Bertz CT molecular complexity index is 708. The van der Waals surface area contributed by atoms with E-state index in [2.05, 4.69) is 0 Å². The van der Waals surface area contributed by atoms with Gasteiger partial charge in [0.25, 0.3) is 0 Å². The Balaban J connectivity index is 2.58. The maximum absolute atomic E-state index is 12.6. The van der Waals surface area contributed by atoms with Crippen molar-refractivity contribution in [3.05, 3.63) is 41.5 Å². The fourth-order valence-electron chi connectivity index (χ4n) is 2.14. The van der Waals surface area contributed by atoms with E-state index in [1.807, 2.05) is 0 Å². The molecule has 6 nitrogen and oxygen atoms in total. The highest BCUT2D eigenvalue weighted by Crippen LogP contribution is 2.41. The summed E-state index contributed by atoms with van der Waals surface area (Å²) in [7, 11) is 4.32. The fraction of sp³-hybridized carbons (Fsp3) is 0.188. The van der Waals surface area contributed by atoms with E-state index in [4.69, 9.17) is 14.2 Å². The largest absolute Gasteiger partial charge is 0.508 e. The molecule has 2 aromatic rings. The Labute approximate surface area is 127 Å². The molecule has 0 aromatic heterocycles. The highest BCUT2D eigenvalue weighted by atomic mass is 16.5. The molecule has 0 aliphatic heterocycles. The third-order valence-corrected chi connectivity index (χ3v) is 3.17. The van der Waals surface area contributed by atoms with Crippen LogP contribution in [-0.4, -0.2) is 37.3 Å². The molecule has 0 aliphatic rings. The lowest BCUT2D eigenvalue weighted by Gasteiger charge is -2.15. The van der Waals surface area contributed by atoms with Crippen LogP contribution in [0.3, 0.4) is 0 Å². The SMILES string of the molecule is COc1ccc(C(=O)c2ccc(O)cc2O)c(OC)c1OC. The summed E-state index contributed by atoms with van der Waals surface area (Å²) in [5.41, 5.74) is 0.254. The summed E-state index contributed by atoms with van der Waals surface area (Å²) in [6, 6.07) is 6.85. The lowest BCUT2D eigenvalue weighted by atomic mass is 10.0. The first-order valence-electron chi connectivity index (χ1n) is 6.39. The van der Waals surface area contributed by atoms with Gasteiger partial charge in [-0.15, -0.1) is 0 Å². The minimum atomic E-state index is -0.463. The van der Waals surface area contributed by atoms with Crippen LogP contribution in [0, 0.1) is 0 Å². The second kappa shape index (κ2) is 6.26. The predicted octanol–water partition coefficient (Wildman–Crippen LogP) is 2.35. The van der Waals surface area contributed by atoms with Crippen molar-refractivity contribution in [2.24, 2.45) is 0 Å². The quantitative estimate of drug-likeness (QED) is 0.825. The number of phenols is 2. The number of phenolic OH excluding ortho intramolecular Hbond substituents is 2. The van der Waals surface area contributed by atoms with Crippen LogP contribution in [0.1, 0.15) is 15.9 Å². The van der Waals surface area contributed by atoms with Crippen LogP contribution < -0.4 is 14.2 Å². The number of hydrogen-bond acceptors (Lipinski definition) is 6. The number of hydrogen-bond donors (Lipinski definition) is 2. The van der Waals surface area contributed by atoms with Crippen molar-refractivity contribution >= 4 is 5.78 Å². The van der Waals surface area contributed by atoms with Gasteiger partial charge in [0.2, 0.25) is 11.5 Å². The standard InChI is InChI=1S/C16H16O6/c1-20-13-7-6-11(15(21-2)16(13)22-3)14(19)10-5-4-9(17)8-12(10)18/h4-8,17-18H,1-3H3. The van der Waals surface area contributed by atoms with Crippen molar-refractivity contribution in [1.29, 1.82) is 0 Å². The zero-order valence-electron chi connectivity index (χ0n) is 12.4. The van der Waals surface area contributed by atoms with Crippen molar-refractivity contribution in [3.8, 4) is 28.7 Å². The molecular formula is C16H16O6. The Kier molecular flexibility index (Phi) is 4.41. The van der Waals surface area contributed by atoms with Gasteiger partial charge in [0, 0.05) is 6.07 Å². The third kappa shape index (κ3) is 2.63. The predicted molar refractivity (Wildman–Crippen MR) is 79.3 cm³/mol. The van der Waals surface area contributed by atoms with E-state index < -0.39 is 5.78 Å². The minimum Gasteiger partial charge on any atom is -0.508 e. The van der Waals surface area contributed by atoms with E-state index in [-0.39, 0.29) is 34.1 Å². The van der Waals surface area contributed by atoms with Crippen molar-refractivity contribution < 1.29 is 29.2 Å². The average molecular weight is 304 g/mol. The Morgan fingerprint density at radius 3 is 2.05 bits per heavy atom. The van der Waals surface area contributed by atoms with Gasteiger partial charge in [-0.05, 0) is 24.3 Å². The van der Waals surface area contributed by atoms with Crippen LogP contribution >= 0.6 is 0 Å². The van der Waals surface area contributed by atoms with E-state index >= 15 is 0 Å². The monoisotopic (exact) mass is 304 g/mol. The normalized spacial score (nSPS) is 10.1. The summed E-state index contributed by atoms with van der Waals surface area (Å²) in [5.74, 6) is 0.00439. The molecule has 0 aliphatic carbocycles. The first kappa shape index (κ1) is 15.5. The molecule has 0 unspecified atom stereocenters. The van der Waals surface area contributed by atoms with Gasteiger partial charge in [-0.1, -0.05) is 0 Å². The van der Waals surface area contributed by atoms with Crippen LogP contribution in [0.25, 0.3) is 0 Å². The van der Waals surface area contributed by atoms with Crippen molar-refractivity contribution in [2.75, 3.05) is 21.3 Å². The third-order valence-electron chi connectivity index (χ3n) is 3.17. The molecule has 2 rings (SSSR count). The minimum absolute atomic E-state index is 0.0447. The van der Waals surface area contributed by atoms with Gasteiger partial charge in [0.05, 0.1) is 32.5 Å². The van der Waals surface area contributed by atoms with E-state index in [9.17, 15) is 15.0 Å². The number of methoxy groups -OCH3 is 3. The number of ketones is 1. The summed E-state index contributed by atoms with van der Waals surface area (Å²) in [6.45, 7) is 0. The zero-order valence-corrected chi connectivity index (χ0v) is 12.4. The maximum atomic E-state index is 12.6. The molecule has 0 fully saturated rings. The fourth-order valence-corrected chi connectivity index (χ4v) is 2.14. The molecule has 22 heavy (non-hydrogen) atoms. The molecule has 116 valence electrons. The zero-order chi connectivity index (χ0) is 16.3. The number of benzene rings is 2. The molecule has 0 bridgehead atoms. The second-order valence-corrected chi connectivity index (χ2v) is 4.41. The van der Waals surface area contributed by atoms with Crippen LogP contribution in [0.15, 0.2) is 30.3 Å². The molecule has 0 saturated carbocycles. The molecule has 0 atom stereocenters. The Hall–Kier alpha value is -2.89. The van der Waals surface area contributed by atoms with E-state index in [0.29, 0.717) is 5.75 Å². The van der Waals surface area contributed by atoms with E-state index in [0.717, 1.165) is 6.07 Å². The van der Waals surface area contributed by atoms with Crippen LogP contribution in [0.2, 0.25) is 0 Å². The van der Waals surface area contributed by atoms with Gasteiger partial charge in [0.1, 0.15) is 11.5 Å². The number of aromatic hydroxyl groups is 2. The molecule has 0 saturated heterocycles. The van der Waals surface area contributed by atoms with Gasteiger partial charge in [0.15, 0.2) is 11.5 Å². The van der Waals surface area contributed by atoms with Crippen LogP contribution in [0.4, 0.5) is 0 Å². The number of carbonyl (C=O) groups excluding carboxylic acids is 1. The average Bonchev–Trinajstić information content (AvgIpc) is 2.52. The molecule has 2 N–H and O–H groups in total. The molecule has 0 radical (unpaired) electrons. The van der Waals surface area contributed by atoms with Crippen LogP contribution in [0.5, 0.6) is 28.7 Å². The van der Waals surface area contributed by atoms with Gasteiger partial charge >= 0.3 is 0 Å². The van der Waals surface area contributed by atoms with Gasteiger partial charge < -0.3 is 24.4 Å². The van der Waals surface area contributed by atoms with Gasteiger partial charge in [-0.2, -0.15) is 0 Å². The summed E-state index contributed by atoms with van der Waals surface area (Å²) in [6.07, 6.45) is 0.